The van der Waals surface area contributed by atoms with Crippen molar-refractivity contribution in [1.29, 1.82) is 0 Å². The molecule has 1 aromatic rings. The van der Waals surface area contributed by atoms with Crippen molar-refractivity contribution in [3.8, 4) is 5.75 Å². The largest absolute Gasteiger partial charge is 0.503 e. The minimum atomic E-state index is -0.292. The van der Waals surface area contributed by atoms with Crippen LogP contribution in [0.2, 0.25) is 0 Å². The molecule has 0 bridgehead atoms. The van der Waals surface area contributed by atoms with E-state index in [0.29, 0.717) is 12.2 Å². The molecule has 1 heterocycles. The Morgan fingerprint density at radius 1 is 1.47 bits per heavy atom. The lowest BCUT2D eigenvalue weighted by Gasteiger charge is -2.20. The number of nitrogens with zero attached hydrogens (tertiary/aromatic N) is 2. The van der Waals surface area contributed by atoms with Crippen molar-refractivity contribution in [2.45, 2.75) is 33.2 Å². The summed E-state index contributed by atoms with van der Waals surface area (Å²) in [7, 11) is 3.87. The summed E-state index contributed by atoms with van der Waals surface area (Å²) in [5.74, 6) is -0.124. The van der Waals surface area contributed by atoms with Crippen LogP contribution in [-0.4, -0.2) is 28.2 Å². The van der Waals surface area contributed by atoms with E-state index in [1.54, 1.807) is 0 Å². The van der Waals surface area contributed by atoms with Crippen LogP contribution in [-0.2, 0) is 13.6 Å². The molecule has 0 radical (unpaired) electrons. The number of unbranched alkanes of at least 4 members (excludes halogenated alkanes) is 1. The molecule has 0 spiro atoms. The third-order valence-corrected chi connectivity index (χ3v) is 3.09. The van der Waals surface area contributed by atoms with Gasteiger partial charge in [-0.05, 0) is 26.9 Å². The molecule has 4 heteroatoms. The van der Waals surface area contributed by atoms with Gasteiger partial charge in [0.05, 0.1) is 5.69 Å². The molecule has 0 fully saturated rings. The molecule has 0 unspecified atom stereocenters. The number of aromatic hydroxyl groups is 1. The second kappa shape index (κ2) is 5.87. The first-order valence-electron chi connectivity index (χ1n) is 6.04. The summed E-state index contributed by atoms with van der Waals surface area (Å²) in [4.78, 5) is 13.6. The van der Waals surface area contributed by atoms with Crippen molar-refractivity contribution in [1.82, 2.24) is 9.47 Å². The van der Waals surface area contributed by atoms with Gasteiger partial charge in [0.2, 0.25) is 5.43 Å². The Balaban J connectivity index is 2.94. The number of aromatic nitrogens is 1. The number of hydrogen-bond acceptors (Lipinski definition) is 3. The molecule has 4 nitrogen and oxygen atoms in total. The fraction of sp³-hybridized carbons (Fsp3) is 0.615. The highest BCUT2D eigenvalue weighted by molar-refractivity contribution is 5.29. The summed E-state index contributed by atoms with van der Waals surface area (Å²) in [6.07, 6.45) is 2.26. The van der Waals surface area contributed by atoms with E-state index in [2.05, 4.69) is 11.8 Å². The average molecular weight is 238 g/mol. The SMILES string of the molecule is CCCCN(C)Cc1c(O)c(=O)cc(C)n1C. The fourth-order valence-electron chi connectivity index (χ4n) is 1.81. The second-order valence-corrected chi connectivity index (χ2v) is 4.60. The van der Waals surface area contributed by atoms with E-state index < -0.39 is 0 Å². The van der Waals surface area contributed by atoms with Crippen LogP contribution in [0.3, 0.4) is 0 Å². The van der Waals surface area contributed by atoms with Gasteiger partial charge in [-0.2, -0.15) is 0 Å². The molecule has 0 saturated carbocycles. The maximum absolute atomic E-state index is 11.5. The van der Waals surface area contributed by atoms with Gasteiger partial charge in [-0.15, -0.1) is 0 Å². The predicted octanol–water partition coefficient (Wildman–Crippen LogP) is 1.63. The van der Waals surface area contributed by atoms with Crippen LogP contribution in [0.1, 0.15) is 31.2 Å². The third-order valence-electron chi connectivity index (χ3n) is 3.09. The van der Waals surface area contributed by atoms with Gasteiger partial charge in [-0.25, -0.2) is 0 Å². The maximum Gasteiger partial charge on any atom is 0.223 e. The van der Waals surface area contributed by atoms with Gasteiger partial charge in [-0.3, -0.25) is 4.79 Å². The molecule has 0 aliphatic heterocycles. The predicted molar refractivity (Wildman–Crippen MR) is 69.3 cm³/mol. The topological polar surface area (TPSA) is 45.5 Å². The summed E-state index contributed by atoms with van der Waals surface area (Å²) in [5.41, 5.74) is 1.26. The van der Waals surface area contributed by atoms with Gasteiger partial charge in [0, 0.05) is 25.4 Å². The molecule has 0 saturated heterocycles. The minimum Gasteiger partial charge on any atom is -0.503 e. The first-order chi connectivity index (χ1) is 7.97. The second-order valence-electron chi connectivity index (χ2n) is 4.60. The molecule has 17 heavy (non-hydrogen) atoms. The van der Waals surface area contributed by atoms with Gasteiger partial charge in [0.15, 0.2) is 5.75 Å². The van der Waals surface area contributed by atoms with Crippen molar-refractivity contribution >= 4 is 0 Å². The average Bonchev–Trinajstić information content (AvgIpc) is 2.29. The Bertz CT molecular complexity index is 438. The Kier molecular flexibility index (Phi) is 4.75. The van der Waals surface area contributed by atoms with Crippen LogP contribution in [0.5, 0.6) is 5.75 Å². The van der Waals surface area contributed by atoms with E-state index >= 15 is 0 Å². The zero-order chi connectivity index (χ0) is 13.0. The fourth-order valence-corrected chi connectivity index (χ4v) is 1.81. The highest BCUT2D eigenvalue weighted by atomic mass is 16.3. The Labute approximate surface area is 102 Å². The van der Waals surface area contributed by atoms with Gasteiger partial charge in [0.25, 0.3) is 0 Å². The van der Waals surface area contributed by atoms with E-state index in [1.165, 1.54) is 6.07 Å². The molecule has 0 atom stereocenters. The maximum atomic E-state index is 11.5. The molecule has 96 valence electrons. The van der Waals surface area contributed by atoms with E-state index in [1.807, 2.05) is 25.6 Å². The summed E-state index contributed by atoms with van der Waals surface area (Å²) in [5, 5.41) is 9.82. The molecule has 0 amide bonds. The van der Waals surface area contributed by atoms with Crippen LogP contribution >= 0.6 is 0 Å². The van der Waals surface area contributed by atoms with Crippen molar-refractivity contribution in [3.63, 3.8) is 0 Å². The summed E-state index contributed by atoms with van der Waals surface area (Å²) in [6, 6.07) is 1.46. The summed E-state index contributed by atoms with van der Waals surface area (Å²) >= 11 is 0. The standard InChI is InChI=1S/C13H22N2O2/c1-5-6-7-14(3)9-11-13(17)12(16)8-10(2)15(11)4/h8,17H,5-7,9H2,1-4H3. The van der Waals surface area contributed by atoms with Gasteiger partial charge in [-0.1, -0.05) is 13.3 Å². The number of pyridine rings is 1. The van der Waals surface area contributed by atoms with E-state index in [0.717, 1.165) is 25.1 Å². The van der Waals surface area contributed by atoms with E-state index in [4.69, 9.17) is 0 Å². The molecule has 1 aromatic heterocycles. The van der Waals surface area contributed by atoms with Crippen molar-refractivity contribution in [3.05, 3.63) is 27.7 Å². The van der Waals surface area contributed by atoms with Crippen LogP contribution in [0, 0.1) is 6.92 Å². The first-order valence-corrected chi connectivity index (χ1v) is 6.04. The number of aryl methyl sites for hydroxylation is 1. The van der Waals surface area contributed by atoms with Gasteiger partial charge >= 0.3 is 0 Å². The highest BCUT2D eigenvalue weighted by Gasteiger charge is 2.12. The number of hydrogen-bond donors (Lipinski definition) is 1. The van der Waals surface area contributed by atoms with E-state index in [-0.39, 0.29) is 11.2 Å². The van der Waals surface area contributed by atoms with Crippen molar-refractivity contribution in [2.24, 2.45) is 7.05 Å². The normalized spacial score (nSPS) is 11.1. The van der Waals surface area contributed by atoms with Crippen LogP contribution in [0.4, 0.5) is 0 Å². The lowest BCUT2D eigenvalue weighted by Crippen LogP contribution is -2.24. The van der Waals surface area contributed by atoms with E-state index in [9.17, 15) is 9.90 Å². The molecule has 1 rings (SSSR count). The Morgan fingerprint density at radius 3 is 2.71 bits per heavy atom. The Morgan fingerprint density at radius 2 is 2.12 bits per heavy atom. The smallest absolute Gasteiger partial charge is 0.223 e. The lowest BCUT2D eigenvalue weighted by atomic mass is 10.2. The zero-order valence-corrected chi connectivity index (χ0v) is 11.2. The number of rotatable bonds is 5. The summed E-state index contributed by atoms with van der Waals surface area (Å²) < 4.78 is 1.87. The lowest BCUT2D eigenvalue weighted by molar-refractivity contribution is 0.304. The molecule has 1 N–H and O–H groups in total. The summed E-state index contributed by atoms with van der Waals surface area (Å²) in [6.45, 7) is 5.58. The molecule has 0 aliphatic carbocycles. The first kappa shape index (κ1) is 13.8. The molecular formula is C13H22N2O2. The van der Waals surface area contributed by atoms with Crippen molar-refractivity contribution in [2.75, 3.05) is 13.6 Å². The zero-order valence-electron chi connectivity index (χ0n) is 11.2. The monoisotopic (exact) mass is 238 g/mol. The minimum absolute atomic E-state index is 0.124. The molecule has 0 aliphatic rings. The quantitative estimate of drug-likeness (QED) is 0.848. The van der Waals surface area contributed by atoms with Crippen LogP contribution in [0.25, 0.3) is 0 Å². The molecule has 0 aromatic carbocycles. The highest BCUT2D eigenvalue weighted by Crippen LogP contribution is 2.14. The van der Waals surface area contributed by atoms with Crippen LogP contribution in [0.15, 0.2) is 10.9 Å². The van der Waals surface area contributed by atoms with Gasteiger partial charge < -0.3 is 14.6 Å². The molecular weight excluding hydrogens is 216 g/mol. The van der Waals surface area contributed by atoms with Gasteiger partial charge in [0.1, 0.15) is 0 Å². The Hall–Kier alpha value is -1.29. The van der Waals surface area contributed by atoms with Crippen LogP contribution < -0.4 is 5.43 Å². The van der Waals surface area contributed by atoms with Crippen molar-refractivity contribution < 1.29 is 5.11 Å². The third kappa shape index (κ3) is 3.33.